The first kappa shape index (κ1) is 20.4. The summed E-state index contributed by atoms with van der Waals surface area (Å²) in [6.45, 7) is 6.49. The lowest BCUT2D eigenvalue weighted by Gasteiger charge is -2.35. The predicted molar refractivity (Wildman–Crippen MR) is 102 cm³/mol. The summed E-state index contributed by atoms with van der Waals surface area (Å²) in [6.07, 6.45) is 2.42. The molecule has 0 radical (unpaired) electrons. The molecule has 3 N–H and O–H groups in total. The second-order valence-electron chi connectivity index (χ2n) is 7.13. The number of benzene rings is 1. The first-order valence-corrected chi connectivity index (χ1v) is 9.38. The lowest BCUT2D eigenvalue weighted by atomic mass is 9.78. The molecule has 1 aromatic rings. The fourth-order valence-corrected chi connectivity index (χ4v) is 3.22. The Kier molecular flexibility index (Phi) is 7.60. The molecule has 2 rings (SSSR count). The molecule has 6 nitrogen and oxygen atoms in total. The molecule has 0 bridgehead atoms. The zero-order valence-electron chi connectivity index (χ0n) is 16.1. The number of hydrogen-bond donors (Lipinski definition) is 3. The summed E-state index contributed by atoms with van der Waals surface area (Å²) in [5, 5.41) is 9.28. The maximum absolute atomic E-state index is 12.8. The standard InChI is InChI=1S/C20H31N3O3/c1-4-15(2)23-18(24)17-7-5-6-16(12-17)13-22-19(25)20(14-26-3)8-10-21-11-9-20/h5-7,12,15,21H,4,8-11,13-14H2,1-3H3,(H,22,25)(H,23,24). The fraction of sp³-hybridized carbons (Fsp3) is 0.600. The zero-order chi connectivity index (χ0) is 19.0. The highest BCUT2D eigenvalue weighted by Gasteiger charge is 2.39. The number of ether oxygens (including phenoxy) is 1. The Bertz CT molecular complexity index is 607. The van der Waals surface area contributed by atoms with Crippen molar-refractivity contribution in [3.8, 4) is 0 Å². The Morgan fingerprint density at radius 3 is 2.69 bits per heavy atom. The van der Waals surface area contributed by atoms with Crippen LogP contribution < -0.4 is 16.0 Å². The number of piperidine rings is 1. The normalized spacial score (nSPS) is 17.3. The monoisotopic (exact) mass is 361 g/mol. The molecule has 1 aliphatic rings. The van der Waals surface area contributed by atoms with Gasteiger partial charge in [0.15, 0.2) is 0 Å². The summed E-state index contributed by atoms with van der Waals surface area (Å²) in [4.78, 5) is 25.1. The Morgan fingerprint density at radius 2 is 2.04 bits per heavy atom. The molecule has 0 aliphatic carbocycles. The lowest BCUT2D eigenvalue weighted by molar-refractivity contribution is -0.136. The largest absolute Gasteiger partial charge is 0.384 e. The van der Waals surface area contributed by atoms with Crippen LogP contribution in [0, 0.1) is 5.41 Å². The summed E-state index contributed by atoms with van der Waals surface area (Å²) in [7, 11) is 1.64. The van der Waals surface area contributed by atoms with Gasteiger partial charge in [0.1, 0.15) is 0 Å². The van der Waals surface area contributed by atoms with E-state index >= 15 is 0 Å². The summed E-state index contributed by atoms with van der Waals surface area (Å²) in [5.74, 6) is -0.0583. The molecule has 0 spiro atoms. The number of hydrogen-bond acceptors (Lipinski definition) is 4. The fourth-order valence-electron chi connectivity index (χ4n) is 3.22. The summed E-state index contributed by atoms with van der Waals surface area (Å²) >= 11 is 0. The Labute approximate surface area is 156 Å². The highest BCUT2D eigenvalue weighted by molar-refractivity contribution is 5.94. The average molecular weight is 361 g/mol. The Morgan fingerprint density at radius 1 is 1.31 bits per heavy atom. The van der Waals surface area contributed by atoms with Gasteiger partial charge in [-0.3, -0.25) is 9.59 Å². The number of amides is 2. The minimum absolute atomic E-state index is 0.0234. The van der Waals surface area contributed by atoms with Crippen molar-refractivity contribution in [2.24, 2.45) is 5.41 Å². The molecule has 1 aliphatic heterocycles. The van der Waals surface area contributed by atoms with Crippen molar-refractivity contribution in [3.63, 3.8) is 0 Å². The maximum atomic E-state index is 12.8. The lowest BCUT2D eigenvalue weighted by Crippen LogP contribution is -2.49. The van der Waals surface area contributed by atoms with Gasteiger partial charge >= 0.3 is 0 Å². The highest BCUT2D eigenvalue weighted by atomic mass is 16.5. The number of methoxy groups -OCH3 is 1. The molecule has 1 aromatic carbocycles. The second-order valence-corrected chi connectivity index (χ2v) is 7.13. The quantitative estimate of drug-likeness (QED) is 0.660. The first-order chi connectivity index (χ1) is 12.5. The van der Waals surface area contributed by atoms with Gasteiger partial charge in [0.25, 0.3) is 5.91 Å². The van der Waals surface area contributed by atoms with Crippen LogP contribution in [0.1, 0.15) is 49.0 Å². The van der Waals surface area contributed by atoms with Gasteiger partial charge in [0, 0.05) is 25.3 Å². The van der Waals surface area contributed by atoms with Crippen molar-refractivity contribution in [2.45, 2.75) is 45.7 Å². The third kappa shape index (κ3) is 5.29. The van der Waals surface area contributed by atoms with Crippen molar-refractivity contribution in [2.75, 3.05) is 26.8 Å². The van der Waals surface area contributed by atoms with E-state index in [0.717, 1.165) is 37.9 Å². The third-order valence-electron chi connectivity index (χ3n) is 5.10. The van der Waals surface area contributed by atoms with Gasteiger partial charge in [0.05, 0.1) is 12.0 Å². The van der Waals surface area contributed by atoms with Crippen LogP contribution in [0.3, 0.4) is 0 Å². The summed E-state index contributed by atoms with van der Waals surface area (Å²) in [6, 6.07) is 7.54. The van der Waals surface area contributed by atoms with E-state index in [4.69, 9.17) is 4.74 Å². The molecule has 1 saturated heterocycles. The van der Waals surface area contributed by atoms with E-state index in [-0.39, 0.29) is 17.9 Å². The van der Waals surface area contributed by atoms with Gasteiger partial charge in [-0.05, 0) is 57.0 Å². The van der Waals surface area contributed by atoms with Gasteiger partial charge in [-0.25, -0.2) is 0 Å². The molecule has 1 atom stereocenters. The minimum Gasteiger partial charge on any atom is -0.384 e. The van der Waals surface area contributed by atoms with Crippen LogP contribution in [-0.4, -0.2) is 44.7 Å². The molecule has 144 valence electrons. The molecule has 0 aromatic heterocycles. The topological polar surface area (TPSA) is 79.5 Å². The highest BCUT2D eigenvalue weighted by Crippen LogP contribution is 2.29. The average Bonchev–Trinajstić information content (AvgIpc) is 2.67. The van der Waals surface area contributed by atoms with Crippen molar-refractivity contribution in [1.29, 1.82) is 0 Å². The molecule has 2 amide bonds. The van der Waals surface area contributed by atoms with Gasteiger partial charge in [0.2, 0.25) is 5.91 Å². The molecule has 6 heteroatoms. The second kappa shape index (κ2) is 9.69. The molecule has 0 saturated carbocycles. The number of carbonyl (C=O) groups excluding carboxylic acids is 2. The smallest absolute Gasteiger partial charge is 0.251 e. The van der Waals surface area contributed by atoms with Crippen LogP contribution in [0.5, 0.6) is 0 Å². The van der Waals surface area contributed by atoms with E-state index in [2.05, 4.69) is 16.0 Å². The van der Waals surface area contributed by atoms with Crippen LogP contribution in [-0.2, 0) is 16.1 Å². The number of nitrogens with one attached hydrogen (secondary N) is 3. The minimum atomic E-state index is -0.467. The van der Waals surface area contributed by atoms with Crippen molar-refractivity contribution in [3.05, 3.63) is 35.4 Å². The zero-order valence-corrected chi connectivity index (χ0v) is 16.1. The van der Waals surface area contributed by atoms with Crippen LogP contribution in [0.4, 0.5) is 0 Å². The summed E-state index contributed by atoms with van der Waals surface area (Å²) < 4.78 is 5.31. The van der Waals surface area contributed by atoms with Gasteiger partial charge in [-0.1, -0.05) is 19.1 Å². The predicted octanol–water partition coefficient (Wildman–Crippen LogP) is 1.85. The van der Waals surface area contributed by atoms with Gasteiger partial charge in [-0.2, -0.15) is 0 Å². The van der Waals surface area contributed by atoms with E-state index in [9.17, 15) is 9.59 Å². The first-order valence-electron chi connectivity index (χ1n) is 9.38. The summed E-state index contributed by atoms with van der Waals surface area (Å²) in [5.41, 5.74) is 1.06. The Hall–Kier alpha value is -1.92. The Balaban J connectivity index is 1.99. The van der Waals surface area contributed by atoms with Gasteiger partial charge < -0.3 is 20.7 Å². The van der Waals surface area contributed by atoms with Crippen LogP contribution >= 0.6 is 0 Å². The van der Waals surface area contributed by atoms with Gasteiger partial charge in [-0.15, -0.1) is 0 Å². The van der Waals surface area contributed by atoms with E-state index < -0.39 is 5.41 Å². The van der Waals surface area contributed by atoms with Crippen LogP contribution in [0.15, 0.2) is 24.3 Å². The molecule has 26 heavy (non-hydrogen) atoms. The van der Waals surface area contributed by atoms with Crippen molar-refractivity contribution >= 4 is 11.8 Å². The maximum Gasteiger partial charge on any atom is 0.251 e. The van der Waals surface area contributed by atoms with E-state index in [0.29, 0.717) is 18.7 Å². The van der Waals surface area contributed by atoms with E-state index in [1.807, 2.05) is 32.0 Å². The SMILES string of the molecule is CCC(C)NC(=O)c1cccc(CNC(=O)C2(COC)CCNCC2)c1. The molecule has 1 unspecified atom stereocenters. The number of carbonyl (C=O) groups is 2. The van der Waals surface area contributed by atoms with E-state index in [1.54, 1.807) is 13.2 Å². The van der Waals surface area contributed by atoms with Crippen molar-refractivity contribution in [1.82, 2.24) is 16.0 Å². The van der Waals surface area contributed by atoms with Crippen LogP contribution in [0.25, 0.3) is 0 Å². The molecule has 1 heterocycles. The molecular weight excluding hydrogens is 330 g/mol. The van der Waals surface area contributed by atoms with Crippen molar-refractivity contribution < 1.29 is 14.3 Å². The number of rotatable bonds is 8. The van der Waals surface area contributed by atoms with Crippen LogP contribution in [0.2, 0.25) is 0 Å². The molecule has 1 fully saturated rings. The molecular formula is C20H31N3O3. The van der Waals surface area contributed by atoms with E-state index in [1.165, 1.54) is 0 Å². The third-order valence-corrected chi connectivity index (χ3v) is 5.10.